The van der Waals surface area contributed by atoms with Crippen LogP contribution in [0, 0.1) is 0 Å². The second-order valence-electron chi connectivity index (χ2n) is 9.04. The van der Waals surface area contributed by atoms with E-state index >= 15 is 0 Å². The number of hydrogen-bond acceptors (Lipinski definition) is 4. The highest BCUT2D eigenvalue weighted by atomic mass is 35.5. The van der Waals surface area contributed by atoms with Gasteiger partial charge in [-0.2, -0.15) is 5.10 Å². The van der Waals surface area contributed by atoms with Crippen molar-refractivity contribution in [3.63, 3.8) is 0 Å². The van der Waals surface area contributed by atoms with Crippen LogP contribution in [0.5, 0.6) is 0 Å². The van der Waals surface area contributed by atoms with Gasteiger partial charge >= 0.3 is 0 Å². The first-order chi connectivity index (χ1) is 16.5. The van der Waals surface area contributed by atoms with Crippen molar-refractivity contribution < 1.29 is 4.79 Å². The Morgan fingerprint density at radius 2 is 1.79 bits per heavy atom. The lowest BCUT2D eigenvalue weighted by Crippen LogP contribution is -2.44. The maximum Gasteiger partial charge on any atom is 0.254 e. The fourth-order valence-electron chi connectivity index (χ4n) is 4.60. The summed E-state index contributed by atoms with van der Waals surface area (Å²) < 4.78 is 1.86. The van der Waals surface area contributed by atoms with Crippen molar-refractivity contribution in [3.05, 3.63) is 83.0 Å². The number of nitrogens with zero attached hydrogens (tertiary/aromatic N) is 5. The number of aromatic nitrogens is 3. The molecule has 0 saturated carbocycles. The second-order valence-corrected chi connectivity index (χ2v) is 9.47. The summed E-state index contributed by atoms with van der Waals surface area (Å²) in [4.78, 5) is 22.9. The predicted molar refractivity (Wildman–Crippen MR) is 136 cm³/mol. The molecule has 0 bridgehead atoms. The highest BCUT2D eigenvalue weighted by Gasteiger charge is 2.27. The molecule has 0 aliphatic carbocycles. The predicted octanol–water partition coefficient (Wildman–Crippen LogP) is 4.97. The zero-order valence-corrected chi connectivity index (χ0v) is 20.2. The number of carbonyl (C=O) groups excluding carboxylic acids is 1. The summed E-state index contributed by atoms with van der Waals surface area (Å²) in [7, 11) is 4.05. The molecule has 3 heterocycles. The molecule has 1 aliphatic rings. The van der Waals surface area contributed by atoms with Gasteiger partial charge in [-0.3, -0.25) is 4.79 Å². The molecule has 1 amide bonds. The van der Waals surface area contributed by atoms with Crippen molar-refractivity contribution >= 4 is 28.5 Å². The van der Waals surface area contributed by atoms with Gasteiger partial charge in [0.05, 0.1) is 29.4 Å². The van der Waals surface area contributed by atoms with E-state index in [0.717, 1.165) is 48.1 Å². The first-order valence-electron chi connectivity index (χ1n) is 11.6. The number of pyridine rings is 1. The van der Waals surface area contributed by atoms with Gasteiger partial charge in [0.15, 0.2) is 5.65 Å². The monoisotopic (exact) mass is 473 g/mol. The third kappa shape index (κ3) is 4.56. The van der Waals surface area contributed by atoms with Crippen LogP contribution in [-0.2, 0) is 6.54 Å². The Bertz CT molecular complexity index is 1290. The number of rotatable bonds is 5. The number of piperidine rings is 1. The molecule has 1 aliphatic heterocycles. The van der Waals surface area contributed by atoms with E-state index in [2.05, 4.69) is 17.0 Å². The maximum absolute atomic E-state index is 13.8. The van der Waals surface area contributed by atoms with Gasteiger partial charge in [-0.1, -0.05) is 54.1 Å². The van der Waals surface area contributed by atoms with E-state index in [9.17, 15) is 4.79 Å². The fraction of sp³-hybridized carbons (Fsp3) is 0.296. The number of likely N-dealkylation sites (tertiary alicyclic amines) is 1. The standard InChI is InChI=1S/C27H28ClN5O/c1-31-14-12-22(13-15-31)32(2)27(34)23-16-25(20-6-4-3-5-7-20)30-26-24(23)17-29-33(26)18-19-8-10-21(28)11-9-19/h3-11,16-17,22H,12-15,18H2,1-2H3. The van der Waals surface area contributed by atoms with Crippen LogP contribution in [0.4, 0.5) is 0 Å². The average Bonchev–Trinajstić information content (AvgIpc) is 3.27. The van der Waals surface area contributed by atoms with Gasteiger partial charge in [0.1, 0.15) is 0 Å². The lowest BCUT2D eigenvalue weighted by Gasteiger charge is -2.35. The van der Waals surface area contributed by atoms with Crippen LogP contribution in [0.1, 0.15) is 28.8 Å². The molecule has 7 heteroatoms. The smallest absolute Gasteiger partial charge is 0.254 e. The van der Waals surface area contributed by atoms with Crippen molar-refractivity contribution in [1.29, 1.82) is 0 Å². The highest BCUT2D eigenvalue weighted by molar-refractivity contribution is 6.30. The van der Waals surface area contributed by atoms with Gasteiger partial charge in [0.25, 0.3) is 5.91 Å². The Kier molecular flexibility index (Phi) is 6.35. The first-order valence-corrected chi connectivity index (χ1v) is 12.0. The molecule has 0 radical (unpaired) electrons. The lowest BCUT2D eigenvalue weighted by molar-refractivity contribution is 0.0661. The van der Waals surface area contributed by atoms with Crippen LogP contribution >= 0.6 is 11.6 Å². The average molecular weight is 474 g/mol. The van der Waals surface area contributed by atoms with Crippen molar-refractivity contribution in [2.24, 2.45) is 0 Å². The SMILES string of the molecule is CN1CCC(N(C)C(=O)c2cc(-c3ccccc3)nc3c2cnn3Cc2ccc(Cl)cc2)CC1. The number of hydrogen-bond donors (Lipinski definition) is 0. The largest absolute Gasteiger partial charge is 0.339 e. The highest BCUT2D eigenvalue weighted by Crippen LogP contribution is 2.27. The lowest BCUT2D eigenvalue weighted by atomic mass is 10.0. The summed E-state index contributed by atoms with van der Waals surface area (Å²) in [6.07, 6.45) is 3.73. The number of benzene rings is 2. The van der Waals surface area contributed by atoms with E-state index in [1.165, 1.54) is 0 Å². The van der Waals surface area contributed by atoms with Gasteiger partial charge in [0, 0.05) is 23.7 Å². The van der Waals surface area contributed by atoms with Gasteiger partial charge in [0.2, 0.25) is 0 Å². The van der Waals surface area contributed by atoms with Gasteiger partial charge in [-0.15, -0.1) is 0 Å². The van der Waals surface area contributed by atoms with Crippen LogP contribution < -0.4 is 0 Å². The molecule has 4 aromatic rings. The van der Waals surface area contributed by atoms with Crippen LogP contribution in [0.15, 0.2) is 66.9 Å². The minimum Gasteiger partial charge on any atom is -0.339 e. The third-order valence-electron chi connectivity index (χ3n) is 6.71. The van der Waals surface area contributed by atoms with Crippen molar-refractivity contribution in [2.75, 3.05) is 27.2 Å². The molecule has 174 valence electrons. The summed E-state index contributed by atoms with van der Waals surface area (Å²) >= 11 is 6.05. The Morgan fingerprint density at radius 3 is 2.50 bits per heavy atom. The number of fused-ring (bicyclic) bond motifs is 1. The minimum atomic E-state index is 0.0187. The Hall–Kier alpha value is -3.22. The molecular formula is C27H28ClN5O. The van der Waals surface area contributed by atoms with E-state index < -0.39 is 0 Å². The van der Waals surface area contributed by atoms with Gasteiger partial charge < -0.3 is 9.80 Å². The third-order valence-corrected chi connectivity index (χ3v) is 6.96. The molecule has 1 fully saturated rings. The molecule has 5 rings (SSSR count). The quantitative estimate of drug-likeness (QED) is 0.411. The van der Waals surface area contributed by atoms with Crippen molar-refractivity contribution in [2.45, 2.75) is 25.4 Å². The molecule has 0 spiro atoms. The zero-order valence-electron chi connectivity index (χ0n) is 19.5. The molecule has 2 aromatic carbocycles. The number of halogens is 1. The Balaban J connectivity index is 1.56. The summed E-state index contributed by atoms with van der Waals surface area (Å²) in [6.45, 7) is 2.55. The van der Waals surface area contributed by atoms with Crippen LogP contribution in [-0.4, -0.2) is 63.7 Å². The van der Waals surface area contributed by atoms with Crippen LogP contribution in [0.25, 0.3) is 22.3 Å². The van der Waals surface area contributed by atoms with Gasteiger partial charge in [-0.25, -0.2) is 9.67 Å². The number of amides is 1. The Morgan fingerprint density at radius 1 is 1.09 bits per heavy atom. The molecular weight excluding hydrogens is 446 g/mol. The van der Waals surface area contributed by atoms with E-state index in [-0.39, 0.29) is 11.9 Å². The van der Waals surface area contributed by atoms with E-state index in [4.69, 9.17) is 16.6 Å². The summed E-state index contributed by atoms with van der Waals surface area (Å²) in [5, 5.41) is 6.09. The summed E-state index contributed by atoms with van der Waals surface area (Å²) in [5.74, 6) is 0.0187. The molecule has 0 atom stereocenters. The minimum absolute atomic E-state index is 0.0187. The summed E-state index contributed by atoms with van der Waals surface area (Å²) in [5.41, 5.74) is 4.16. The van der Waals surface area contributed by atoms with Crippen LogP contribution in [0.2, 0.25) is 5.02 Å². The van der Waals surface area contributed by atoms with E-state index in [0.29, 0.717) is 22.8 Å². The zero-order chi connectivity index (χ0) is 23.7. The van der Waals surface area contributed by atoms with E-state index in [1.54, 1.807) is 6.20 Å². The molecule has 2 aromatic heterocycles. The fourth-order valence-corrected chi connectivity index (χ4v) is 4.72. The topological polar surface area (TPSA) is 54.3 Å². The van der Waals surface area contributed by atoms with Crippen LogP contribution in [0.3, 0.4) is 0 Å². The Labute approximate surface area is 204 Å². The molecule has 6 nitrogen and oxygen atoms in total. The molecule has 0 unspecified atom stereocenters. The second kappa shape index (κ2) is 9.57. The number of carbonyl (C=O) groups is 1. The van der Waals surface area contributed by atoms with E-state index in [1.807, 2.05) is 77.3 Å². The normalized spacial score (nSPS) is 15.0. The maximum atomic E-state index is 13.8. The summed E-state index contributed by atoms with van der Waals surface area (Å²) in [6, 6.07) is 19.8. The van der Waals surface area contributed by atoms with Gasteiger partial charge in [-0.05, 0) is 56.7 Å². The van der Waals surface area contributed by atoms with Crippen molar-refractivity contribution in [1.82, 2.24) is 24.6 Å². The van der Waals surface area contributed by atoms with Crippen molar-refractivity contribution in [3.8, 4) is 11.3 Å². The molecule has 1 saturated heterocycles. The molecule has 0 N–H and O–H groups in total. The molecule has 34 heavy (non-hydrogen) atoms. The first kappa shape index (κ1) is 22.6.